The molecule has 1 aliphatic heterocycles. The third kappa shape index (κ3) is 3.01. The molecule has 2 heterocycles. The third-order valence-corrected chi connectivity index (χ3v) is 3.75. The van der Waals surface area contributed by atoms with E-state index < -0.39 is 4.92 Å². The van der Waals surface area contributed by atoms with Crippen LogP contribution in [0.5, 0.6) is 0 Å². The van der Waals surface area contributed by atoms with Crippen molar-refractivity contribution >= 4 is 33.3 Å². The normalized spacial score (nSPS) is 19.2. The molecule has 2 N–H and O–H groups in total. The molecular formula is C11H13BrN4O3. The van der Waals surface area contributed by atoms with Gasteiger partial charge in [-0.05, 0) is 44.7 Å². The number of hydrogen-bond acceptors (Lipinski definition) is 5. The predicted octanol–water partition coefficient (Wildman–Crippen LogP) is 1.45. The maximum Gasteiger partial charge on any atom is 0.377 e. The first kappa shape index (κ1) is 13.7. The SMILES string of the molecule is NC(=O)[C@@H]1CCCN(c2cnc([N+](=O)[O-])c(Br)c2)C1. The maximum atomic E-state index is 11.2. The van der Waals surface area contributed by atoms with Gasteiger partial charge in [0, 0.05) is 13.1 Å². The quantitative estimate of drug-likeness (QED) is 0.668. The Hall–Kier alpha value is -1.70. The highest BCUT2D eigenvalue weighted by Crippen LogP contribution is 2.29. The lowest BCUT2D eigenvalue weighted by Crippen LogP contribution is -2.41. The van der Waals surface area contributed by atoms with E-state index in [1.807, 2.05) is 4.90 Å². The van der Waals surface area contributed by atoms with Gasteiger partial charge in [-0.15, -0.1) is 0 Å². The number of nitrogens with two attached hydrogens (primary N) is 1. The summed E-state index contributed by atoms with van der Waals surface area (Å²) in [6, 6.07) is 1.65. The zero-order valence-electron chi connectivity index (χ0n) is 10.1. The van der Waals surface area contributed by atoms with Crippen LogP contribution >= 0.6 is 15.9 Å². The molecule has 1 saturated heterocycles. The summed E-state index contributed by atoms with van der Waals surface area (Å²) in [6.45, 7) is 1.32. The van der Waals surface area contributed by atoms with Crippen molar-refractivity contribution < 1.29 is 9.72 Å². The minimum Gasteiger partial charge on any atom is -0.369 e. The van der Waals surface area contributed by atoms with Crippen molar-refractivity contribution in [3.63, 3.8) is 0 Å². The van der Waals surface area contributed by atoms with Crippen molar-refractivity contribution in [1.29, 1.82) is 0 Å². The van der Waals surface area contributed by atoms with Crippen molar-refractivity contribution in [3.05, 3.63) is 26.9 Å². The lowest BCUT2D eigenvalue weighted by Gasteiger charge is -2.32. The molecule has 0 radical (unpaired) electrons. The molecule has 0 spiro atoms. The summed E-state index contributed by atoms with van der Waals surface area (Å²) in [4.78, 5) is 27.2. The van der Waals surface area contributed by atoms with Gasteiger partial charge in [-0.3, -0.25) is 4.79 Å². The number of carbonyl (C=O) groups excluding carboxylic acids is 1. The smallest absolute Gasteiger partial charge is 0.369 e. The van der Waals surface area contributed by atoms with Crippen molar-refractivity contribution in [2.45, 2.75) is 12.8 Å². The summed E-state index contributed by atoms with van der Waals surface area (Å²) in [7, 11) is 0. The largest absolute Gasteiger partial charge is 0.377 e. The number of pyridine rings is 1. The van der Waals surface area contributed by atoms with Gasteiger partial charge in [0.1, 0.15) is 4.47 Å². The van der Waals surface area contributed by atoms with Gasteiger partial charge in [0.25, 0.3) is 0 Å². The molecule has 0 aromatic carbocycles. The fourth-order valence-electron chi connectivity index (χ4n) is 2.17. The highest BCUT2D eigenvalue weighted by atomic mass is 79.9. The summed E-state index contributed by atoms with van der Waals surface area (Å²) in [5.41, 5.74) is 6.07. The van der Waals surface area contributed by atoms with E-state index in [2.05, 4.69) is 20.9 Å². The van der Waals surface area contributed by atoms with E-state index in [9.17, 15) is 14.9 Å². The Kier molecular flexibility index (Phi) is 3.98. The van der Waals surface area contributed by atoms with Gasteiger partial charge in [-0.25, -0.2) is 0 Å². The minimum absolute atomic E-state index is 0.178. The molecule has 7 nitrogen and oxygen atoms in total. The number of aromatic nitrogens is 1. The Morgan fingerprint density at radius 3 is 2.95 bits per heavy atom. The standard InChI is InChI=1S/C11H13BrN4O3/c12-9-4-8(5-14-11(9)16(18)19)15-3-1-2-7(6-15)10(13)17/h4-5,7H,1-3,6H2,(H2,13,17)/t7-/m1/s1. The summed E-state index contributed by atoms with van der Waals surface area (Å²) < 4.78 is 0.330. The molecule has 8 heteroatoms. The minimum atomic E-state index is -0.545. The second-order valence-corrected chi connectivity index (χ2v) is 5.30. The van der Waals surface area contributed by atoms with Crippen LogP contribution in [-0.2, 0) is 4.79 Å². The number of amides is 1. The summed E-state index contributed by atoms with van der Waals surface area (Å²) >= 11 is 3.14. The monoisotopic (exact) mass is 328 g/mol. The van der Waals surface area contributed by atoms with Crippen LogP contribution in [0.25, 0.3) is 0 Å². The van der Waals surface area contributed by atoms with Gasteiger partial charge in [-0.1, -0.05) is 0 Å². The van der Waals surface area contributed by atoms with Crippen LogP contribution in [-0.4, -0.2) is 28.9 Å². The van der Waals surface area contributed by atoms with Crippen LogP contribution in [0.4, 0.5) is 11.5 Å². The molecule has 19 heavy (non-hydrogen) atoms. The van der Waals surface area contributed by atoms with E-state index >= 15 is 0 Å². The molecule has 1 aliphatic rings. The zero-order chi connectivity index (χ0) is 14.0. The van der Waals surface area contributed by atoms with E-state index in [1.54, 1.807) is 6.07 Å². The molecular weight excluding hydrogens is 316 g/mol. The van der Waals surface area contributed by atoms with E-state index in [1.165, 1.54) is 6.20 Å². The summed E-state index contributed by atoms with van der Waals surface area (Å²) in [6.07, 6.45) is 3.10. The Bertz CT molecular complexity index is 523. The molecule has 1 amide bonds. The van der Waals surface area contributed by atoms with Crippen LogP contribution in [0, 0.1) is 16.0 Å². The first-order valence-electron chi connectivity index (χ1n) is 5.83. The first-order chi connectivity index (χ1) is 8.99. The van der Waals surface area contributed by atoms with Crippen LogP contribution in [0.15, 0.2) is 16.7 Å². The molecule has 1 atom stereocenters. The van der Waals surface area contributed by atoms with E-state index in [4.69, 9.17) is 5.73 Å². The van der Waals surface area contributed by atoms with Gasteiger partial charge in [-0.2, -0.15) is 0 Å². The summed E-state index contributed by atoms with van der Waals surface area (Å²) in [5, 5.41) is 10.7. The van der Waals surface area contributed by atoms with Crippen LogP contribution in [0.1, 0.15) is 12.8 Å². The number of hydrogen-bond donors (Lipinski definition) is 1. The highest BCUT2D eigenvalue weighted by Gasteiger charge is 2.26. The Morgan fingerprint density at radius 2 is 2.37 bits per heavy atom. The molecule has 0 saturated carbocycles. The lowest BCUT2D eigenvalue weighted by molar-refractivity contribution is -0.390. The maximum absolute atomic E-state index is 11.2. The topological polar surface area (TPSA) is 102 Å². The molecule has 0 bridgehead atoms. The molecule has 0 unspecified atom stereocenters. The summed E-state index contributed by atoms with van der Waals surface area (Å²) in [5.74, 6) is -0.700. The first-order valence-corrected chi connectivity index (χ1v) is 6.62. The van der Waals surface area contributed by atoms with Gasteiger partial charge in [0.2, 0.25) is 5.91 Å². The number of primary amides is 1. The van der Waals surface area contributed by atoms with Crippen molar-refractivity contribution in [2.24, 2.45) is 11.7 Å². The molecule has 102 valence electrons. The molecule has 1 fully saturated rings. The zero-order valence-corrected chi connectivity index (χ0v) is 11.7. The number of nitro groups is 1. The number of halogens is 1. The van der Waals surface area contributed by atoms with Gasteiger partial charge in [0.15, 0.2) is 6.20 Å². The van der Waals surface area contributed by atoms with Crippen LogP contribution in [0.2, 0.25) is 0 Å². The Morgan fingerprint density at radius 1 is 1.63 bits per heavy atom. The molecule has 1 aromatic heterocycles. The Balaban J connectivity index is 2.20. The van der Waals surface area contributed by atoms with Gasteiger partial charge >= 0.3 is 5.82 Å². The second-order valence-electron chi connectivity index (χ2n) is 4.44. The predicted molar refractivity (Wildman–Crippen MR) is 72.7 cm³/mol. The molecule has 2 rings (SSSR count). The van der Waals surface area contributed by atoms with Gasteiger partial charge in [0.05, 0.1) is 11.6 Å². The van der Waals surface area contributed by atoms with Crippen LogP contribution < -0.4 is 10.6 Å². The highest BCUT2D eigenvalue weighted by molar-refractivity contribution is 9.10. The lowest BCUT2D eigenvalue weighted by atomic mass is 9.97. The van der Waals surface area contributed by atoms with E-state index in [0.29, 0.717) is 11.0 Å². The van der Waals surface area contributed by atoms with Crippen molar-refractivity contribution in [2.75, 3.05) is 18.0 Å². The number of nitrogens with zero attached hydrogens (tertiary/aromatic N) is 3. The average Bonchev–Trinajstić information content (AvgIpc) is 2.38. The van der Waals surface area contributed by atoms with E-state index in [-0.39, 0.29) is 17.6 Å². The van der Waals surface area contributed by atoms with Crippen molar-refractivity contribution in [3.8, 4) is 0 Å². The number of anilines is 1. The third-order valence-electron chi connectivity index (χ3n) is 3.17. The Labute approximate surface area is 118 Å². The fraction of sp³-hybridized carbons (Fsp3) is 0.455. The fourth-order valence-corrected chi connectivity index (χ4v) is 2.65. The van der Waals surface area contributed by atoms with Gasteiger partial charge < -0.3 is 20.7 Å². The molecule has 0 aliphatic carbocycles. The van der Waals surface area contributed by atoms with Crippen molar-refractivity contribution in [1.82, 2.24) is 4.98 Å². The average molecular weight is 329 g/mol. The number of rotatable bonds is 3. The molecule has 1 aromatic rings. The number of piperidine rings is 1. The van der Waals surface area contributed by atoms with E-state index in [0.717, 1.165) is 25.1 Å². The number of carbonyl (C=O) groups is 1. The van der Waals surface area contributed by atoms with Crippen LogP contribution in [0.3, 0.4) is 0 Å². The second kappa shape index (κ2) is 5.52.